The SMILES string of the molecule is COc1cccc([C@H]2O[C@H](CO)[C@@H](O)[C@H](O)[C@@H]2O)c1. The highest BCUT2D eigenvalue weighted by Gasteiger charge is 2.43. The second-order valence-corrected chi connectivity index (χ2v) is 4.53. The fraction of sp³-hybridized carbons (Fsp3) is 0.538. The van der Waals surface area contributed by atoms with E-state index in [0.717, 1.165) is 0 Å². The minimum atomic E-state index is -1.37. The number of rotatable bonds is 3. The maximum atomic E-state index is 9.98. The molecule has 0 bridgehead atoms. The van der Waals surface area contributed by atoms with Crippen molar-refractivity contribution in [1.29, 1.82) is 0 Å². The molecule has 6 heteroatoms. The Kier molecular flexibility index (Phi) is 4.38. The lowest BCUT2D eigenvalue weighted by Crippen LogP contribution is -2.55. The van der Waals surface area contributed by atoms with Crippen LogP contribution in [-0.2, 0) is 4.74 Å². The summed E-state index contributed by atoms with van der Waals surface area (Å²) in [5, 5.41) is 38.5. The topological polar surface area (TPSA) is 99.4 Å². The molecule has 0 radical (unpaired) electrons. The molecular formula is C13H18O6. The minimum absolute atomic E-state index is 0.439. The molecule has 0 aliphatic carbocycles. The Balaban J connectivity index is 2.26. The molecule has 0 unspecified atom stereocenters. The molecule has 0 amide bonds. The van der Waals surface area contributed by atoms with E-state index in [0.29, 0.717) is 11.3 Å². The molecule has 1 saturated heterocycles. The van der Waals surface area contributed by atoms with Gasteiger partial charge in [0.15, 0.2) is 0 Å². The van der Waals surface area contributed by atoms with Crippen LogP contribution in [0.4, 0.5) is 0 Å². The first-order valence-corrected chi connectivity index (χ1v) is 6.03. The molecule has 6 nitrogen and oxygen atoms in total. The molecule has 106 valence electrons. The van der Waals surface area contributed by atoms with Gasteiger partial charge in [0, 0.05) is 0 Å². The summed E-state index contributed by atoms with van der Waals surface area (Å²) < 4.78 is 10.5. The number of aliphatic hydroxyl groups is 4. The predicted molar refractivity (Wildman–Crippen MR) is 65.7 cm³/mol. The number of methoxy groups -OCH3 is 1. The van der Waals surface area contributed by atoms with Crippen molar-refractivity contribution >= 4 is 0 Å². The van der Waals surface area contributed by atoms with Crippen molar-refractivity contribution < 1.29 is 29.9 Å². The van der Waals surface area contributed by atoms with E-state index in [4.69, 9.17) is 14.6 Å². The molecule has 19 heavy (non-hydrogen) atoms. The fourth-order valence-corrected chi connectivity index (χ4v) is 2.20. The number of benzene rings is 1. The molecule has 1 aliphatic rings. The highest BCUT2D eigenvalue weighted by Crippen LogP contribution is 2.33. The largest absolute Gasteiger partial charge is 0.497 e. The van der Waals surface area contributed by atoms with Crippen molar-refractivity contribution in [2.45, 2.75) is 30.5 Å². The standard InChI is InChI=1S/C13H18O6/c1-18-8-4-2-3-7(5-8)13-12(17)11(16)10(15)9(6-14)19-13/h2-5,9-17H,6H2,1H3/t9-,10-,11+,12+,13-/m1/s1. The van der Waals surface area contributed by atoms with Crippen molar-refractivity contribution in [1.82, 2.24) is 0 Å². The lowest BCUT2D eigenvalue weighted by atomic mass is 9.91. The summed E-state index contributed by atoms with van der Waals surface area (Å²) in [5.41, 5.74) is 0.608. The summed E-state index contributed by atoms with van der Waals surface area (Å²) >= 11 is 0. The monoisotopic (exact) mass is 270 g/mol. The molecule has 4 N–H and O–H groups in total. The van der Waals surface area contributed by atoms with Gasteiger partial charge in [0.25, 0.3) is 0 Å². The Bertz CT molecular complexity index is 421. The highest BCUT2D eigenvalue weighted by atomic mass is 16.5. The van der Waals surface area contributed by atoms with Crippen LogP contribution in [0.25, 0.3) is 0 Å². The third-order valence-electron chi connectivity index (χ3n) is 3.31. The number of hydrogen-bond acceptors (Lipinski definition) is 6. The van der Waals surface area contributed by atoms with Gasteiger partial charge in [-0.3, -0.25) is 0 Å². The summed E-state index contributed by atoms with van der Waals surface area (Å²) in [6.45, 7) is -0.439. The summed E-state index contributed by atoms with van der Waals surface area (Å²) in [5.74, 6) is 0.592. The zero-order valence-electron chi connectivity index (χ0n) is 10.5. The van der Waals surface area contributed by atoms with E-state index in [1.807, 2.05) is 0 Å². The van der Waals surface area contributed by atoms with Crippen molar-refractivity contribution in [2.75, 3.05) is 13.7 Å². The van der Waals surface area contributed by atoms with Crippen LogP contribution in [0.2, 0.25) is 0 Å². The van der Waals surface area contributed by atoms with E-state index in [2.05, 4.69) is 0 Å². The third-order valence-corrected chi connectivity index (χ3v) is 3.31. The van der Waals surface area contributed by atoms with E-state index in [1.165, 1.54) is 7.11 Å². The maximum Gasteiger partial charge on any atom is 0.119 e. The van der Waals surface area contributed by atoms with Gasteiger partial charge in [0.05, 0.1) is 13.7 Å². The van der Waals surface area contributed by atoms with Gasteiger partial charge in [-0.25, -0.2) is 0 Å². The van der Waals surface area contributed by atoms with E-state index in [-0.39, 0.29) is 0 Å². The molecular weight excluding hydrogens is 252 g/mol. The van der Waals surface area contributed by atoms with Crippen LogP contribution in [-0.4, -0.2) is 58.6 Å². The van der Waals surface area contributed by atoms with Crippen molar-refractivity contribution in [3.05, 3.63) is 29.8 Å². The van der Waals surface area contributed by atoms with Crippen molar-refractivity contribution in [2.24, 2.45) is 0 Å². The fourth-order valence-electron chi connectivity index (χ4n) is 2.20. The molecule has 1 aliphatic heterocycles. The van der Waals surface area contributed by atoms with Gasteiger partial charge in [0.2, 0.25) is 0 Å². The lowest BCUT2D eigenvalue weighted by molar-refractivity contribution is -0.231. The van der Waals surface area contributed by atoms with Gasteiger partial charge in [0.1, 0.15) is 36.3 Å². The van der Waals surface area contributed by atoms with Crippen LogP contribution < -0.4 is 4.74 Å². The first-order chi connectivity index (χ1) is 9.08. The number of hydrogen-bond donors (Lipinski definition) is 4. The van der Waals surface area contributed by atoms with Crippen LogP contribution >= 0.6 is 0 Å². The molecule has 0 aromatic heterocycles. The predicted octanol–water partition coefficient (Wildman–Crippen LogP) is -0.790. The average Bonchev–Trinajstić information content (AvgIpc) is 2.45. The first-order valence-electron chi connectivity index (χ1n) is 6.03. The quantitative estimate of drug-likeness (QED) is 0.574. The Hall–Kier alpha value is -1.18. The Labute approximate surface area is 110 Å². The van der Waals surface area contributed by atoms with Gasteiger partial charge in [-0.2, -0.15) is 0 Å². The molecule has 0 spiro atoms. The highest BCUT2D eigenvalue weighted by molar-refractivity contribution is 5.31. The normalized spacial score (nSPS) is 35.1. The molecule has 2 rings (SSSR count). The first kappa shape index (κ1) is 14.2. The molecule has 1 heterocycles. The van der Waals surface area contributed by atoms with Gasteiger partial charge in [-0.1, -0.05) is 12.1 Å². The van der Waals surface area contributed by atoms with Gasteiger partial charge >= 0.3 is 0 Å². The number of ether oxygens (including phenoxy) is 2. The number of aliphatic hydroxyl groups excluding tert-OH is 4. The van der Waals surface area contributed by atoms with E-state index in [9.17, 15) is 15.3 Å². The summed E-state index contributed by atoms with van der Waals surface area (Å²) in [7, 11) is 1.52. The molecule has 1 fully saturated rings. The van der Waals surface area contributed by atoms with Gasteiger partial charge in [-0.05, 0) is 17.7 Å². The molecule has 0 saturated carbocycles. The van der Waals surface area contributed by atoms with E-state index >= 15 is 0 Å². The zero-order valence-corrected chi connectivity index (χ0v) is 10.5. The summed E-state index contributed by atoms with van der Waals surface area (Å²) in [4.78, 5) is 0. The Morgan fingerprint density at radius 1 is 1.16 bits per heavy atom. The molecule has 1 aromatic carbocycles. The zero-order chi connectivity index (χ0) is 14.0. The van der Waals surface area contributed by atoms with Crippen LogP contribution in [0.1, 0.15) is 11.7 Å². The van der Waals surface area contributed by atoms with E-state index in [1.54, 1.807) is 24.3 Å². The van der Waals surface area contributed by atoms with Crippen LogP contribution in [0.3, 0.4) is 0 Å². The Morgan fingerprint density at radius 2 is 1.89 bits per heavy atom. The average molecular weight is 270 g/mol. The summed E-state index contributed by atoms with van der Waals surface area (Å²) in [6.07, 6.45) is -5.73. The molecule has 1 aromatic rings. The van der Waals surface area contributed by atoms with Gasteiger partial charge in [-0.15, -0.1) is 0 Å². The van der Waals surface area contributed by atoms with Crippen molar-refractivity contribution in [3.8, 4) is 5.75 Å². The maximum absolute atomic E-state index is 9.98. The van der Waals surface area contributed by atoms with Crippen LogP contribution in [0.15, 0.2) is 24.3 Å². The van der Waals surface area contributed by atoms with Crippen LogP contribution in [0, 0.1) is 0 Å². The molecule has 5 atom stereocenters. The van der Waals surface area contributed by atoms with Gasteiger partial charge < -0.3 is 29.9 Å². The Morgan fingerprint density at radius 3 is 2.53 bits per heavy atom. The van der Waals surface area contributed by atoms with Crippen molar-refractivity contribution in [3.63, 3.8) is 0 Å². The second-order valence-electron chi connectivity index (χ2n) is 4.53. The van der Waals surface area contributed by atoms with Crippen LogP contribution in [0.5, 0.6) is 5.75 Å². The van der Waals surface area contributed by atoms with E-state index < -0.39 is 37.1 Å². The third kappa shape index (κ3) is 2.72. The smallest absolute Gasteiger partial charge is 0.119 e. The minimum Gasteiger partial charge on any atom is -0.497 e. The lowest BCUT2D eigenvalue weighted by Gasteiger charge is -2.40. The summed E-state index contributed by atoms with van der Waals surface area (Å²) in [6, 6.07) is 6.87. The second kappa shape index (κ2) is 5.85.